The van der Waals surface area contributed by atoms with Gasteiger partial charge in [-0.05, 0) is 54.6 Å². The lowest BCUT2D eigenvalue weighted by Gasteiger charge is -2.37. The number of aromatic nitrogens is 2. The average molecular weight is 528 g/mol. The van der Waals surface area contributed by atoms with E-state index in [4.69, 9.17) is 9.72 Å². The van der Waals surface area contributed by atoms with Crippen molar-refractivity contribution in [3.63, 3.8) is 0 Å². The number of nitriles is 1. The predicted molar refractivity (Wildman–Crippen MR) is 146 cm³/mol. The molecule has 1 aliphatic rings. The Hall–Kier alpha value is -4.62. The Kier molecular flexibility index (Phi) is 6.85. The standard InChI is InChI=1S/C28H25N5O4S/c1-37-22-12-10-21(11-13-22)31-15-17-32(18-16-31)27-25(28(34)33-14-6-5-9-26(33)30-27)19-24(20-29)38(35,36)23-7-3-2-4-8-23/h2-14,19H,15-18H2,1H3. The van der Waals surface area contributed by atoms with E-state index in [2.05, 4.69) is 4.90 Å². The molecule has 38 heavy (non-hydrogen) atoms. The van der Waals surface area contributed by atoms with Crippen molar-refractivity contribution >= 4 is 33.1 Å². The third-order valence-corrected chi connectivity index (χ3v) is 8.18. The summed E-state index contributed by atoms with van der Waals surface area (Å²) in [7, 11) is -2.50. The van der Waals surface area contributed by atoms with Gasteiger partial charge >= 0.3 is 0 Å². The summed E-state index contributed by atoms with van der Waals surface area (Å²) in [5, 5.41) is 9.83. The number of benzene rings is 2. The third-order valence-electron chi connectivity index (χ3n) is 6.49. The van der Waals surface area contributed by atoms with Gasteiger partial charge in [-0.15, -0.1) is 0 Å². The Labute approximate surface area is 220 Å². The van der Waals surface area contributed by atoms with Gasteiger partial charge in [0.05, 0.1) is 17.6 Å². The van der Waals surface area contributed by atoms with Crippen LogP contribution in [0.2, 0.25) is 0 Å². The Morgan fingerprint density at radius 2 is 1.61 bits per heavy atom. The molecule has 0 aliphatic carbocycles. The number of sulfone groups is 1. The second-order valence-electron chi connectivity index (χ2n) is 8.69. The molecule has 2 aromatic carbocycles. The van der Waals surface area contributed by atoms with Gasteiger partial charge in [0.15, 0.2) is 0 Å². The molecule has 3 heterocycles. The smallest absolute Gasteiger partial charge is 0.267 e. The zero-order valence-electron chi connectivity index (χ0n) is 20.7. The molecule has 0 amide bonds. The monoisotopic (exact) mass is 527 g/mol. The van der Waals surface area contributed by atoms with Crippen LogP contribution >= 0.6 is 0 Å². The first-order valence-electron chi connectivity index (χ1n) is 12.0. The molecule has 1 fully saturated rings. The Morgan fingerprint density at radius 3 is 2.26 bits per heavy atom. The van der Waals surface area contributed by atoms with Crippen LogP contribution < -0.4 is 20.1 Å². The summed E-state index contributed by atoms with van der Waals surface area (Å²) in [5.74, 6) is 1.13. The summed E-state index contributed by atoms with van der Waals surface area (Å²) in [6.45, 7) is 2.43. The van der Waals surface area contributed by atoms with Gasteiger partial charge in [0.1, 0.15) is 28.2 Å². The van der Waals surface area contributed by atoms with Gasteiger partial charge in [-0.2, -0.15) is 5.26 Å². The molecular formula is C28H25N5O4S. The van der Waals surface area contributed by atoms with Gasteiger partial charge in [0, 0.05) is 38.1 Å². The highest BCUT2D eigenvalue weighted by Crippen LogP contribution is 2.26. The average Bonchev–Trinajstić information content (AvgIpc) is 2.97. The topological polar surface area (TPSA) is 108 Å². The first-order chi connectivity index (χ1) is 18.4. The van der Waals surface area contributed by atoms with Crippen LogP contribution in [0.25, 0.3) is 11.7 Å². The number of methoxy groups -OCH3 is 1. The highest BCUT2D eigenvalue weighted by Gasteiger charge is 2.26. The minimum absolute atomic E-state index is 0.0173. The number of allylic oxidation sites excluding steroid dienone is 1. The minimum atomic E-state index is -4.13. The fourth-order valence-corrected chi connectivity index (χ4v) is 5.62. The molecule has 2 aromatic heterocycles. The van der Waals surface area contributed by atoms with Crippen LogP contribution in [0.15, 0.2) is 93.6 Å². The van der Waals surface area contributed by atoms with Crippen LogP contribution in [0.4, 0.5) is 11.5 Å². The normalized spacial score (nSPS) is 14.4. The van der Waals surface area contributed by atoms with E-state index in [1.54, 1.807) is 55.8 Å². The van der Waals surface area contributed by atoms with E-state index in [0.717, 1.165) is 17.5 Å². The number of rotatable bonds is 6. The SMILES string of the molecule is COc1ccc(N2CCN(c3nc4ccccn4c(=O)c3C=C(C#N)S(=O)(=O)c3ccccc3)CC2)cc1. The van der Waals surface area contributed by atoms with Gasteiger partial charge in [0.2, 0.25) is 9.84 Å². The number of pyridine rings is 1. The lowest BCUT2D eigenvalue weighted by molar-refractivity contribution is 0.415. The second kappa shape index (κ2) is 10.4. The predicted octanol–water partition coefficient (Wildman–Crippen LogP) is 3.37. The van der Waals surface area contributed by atoms with Crippen LogP contribution in [0.1, 0.15) is 5.56 Å². The molecule has 192 valence electrons. The maximum atomic E-state index is 13.6. The summed E-state index contributed by atoms with van der Waals surface area (Å²) < 4.78 is 33.1. The van der Waals surface area contributed by atoms with E-state index in [1.165, 1.54) is 16.5 Å². The Morgan fingerprint density at radius 1 is 0.947 bits per heavy atom. The molecule has 0 atom stereocenters. The molecule has 0 bridgehead atoms. The van der Waals surface area contributed by atoms with E-state index in [-0.39, 0.29) is 10.5 Å². The lowest BCUT2D eigenvalue weighted by atomic mass is 10.2. The van der Waals surface area contributed by atoms with E-state index in [0.29, 0.717) is 37.6 Å². The maximum absolute atomic E-state index is 13.6. The maximum Gasteiger partial charge on any atom is 0.267 e. The number of fused-ring (bicyclic) bond motifs is 1. The molecule has 0 radical (unpaired) electrons. The van der Waals surface area contributed by atoms with Gasteiger partial charge in [-0.25, -0.2) is 13.4 Å². The van der Waals surface area contributed by atoms with Crippen LogP contribution in [0, 0.1) is 11.3 Å². The van der Waals surface area contributed by atoms with E-state index in [1.807, 2.05) is 29.2 Å². The first kappa shape index (κ1) is 25.0. The van der Waals surface area contributed by atoms with Crippen molar-refractivity contribution in [2.75, 3.05) is 43.1 Å². The van der Waals surface area contributed by atoms with E-state index in [9.17, 15) is 18.5 Å². The Balaban J connectivity index is 1.55. The molecule has 1 aliphatic heterocycles. The molecule has 4 aromatic rings. The van der Waals surface area contributed by atoms with Crippen molar-refractivity contribution in [1.29, 1.82) is 5.26 Å². The zero-order chi connectivity index (χ0) is 26.7. The van der Waals surface area contributed by atoms with Crippen LogP contribution in [0.5, 0.6) is 5.75 Å². The summed E-state index contributed by atoms with van der Waals surface area (Å²) >= 11 is 0. The molecule has 1 saturated heterocycles. The van der Waals surface area contributed by atoms with Gasteiger partial charge in [0.25, 0.3) is 5.56 Å². The fraction of sp³-hybridized carbons (Fsp3) is 0.179. The largest absolute Gasteiger partial charge is 0.497 e. The molecule has 10 heteroatoms. The molecule has 0 saturated carbocycles. The van der Waals surface area contributed by atoms with E-state index >= 15 is 0 Å². The molecular weight excluding hydrogens is 502 g/mol. The fourth-order valence-electron chi connectivity index (χ4n) is 4.46. The van der Waals surface area contributed by atoms with Crippen LogP contribution in [0.3, 0.4) is 0 Å². The quantitative estimate of drug-likeness (QED) is 0.351. The van der Waals surface area contributed by atoms with Crippen molar-refractivity contribution in [3.8, 4) is 11.8 Å². The number of hydrogen-bond donors (Lipinski definition) is 0. The highest BCUT2D eigenvalue weighted by molar-refractivity contribution is 7.95. The number of anilines is 2. The first-order valence-corrected chi connectivity index (χ1v) is 13.5. The van der Waals surface area contributed by atoms with Crippen molar-refractivity contribution in [1.82, 2.24) is 9.38 Å². The Bertz CT molecular complexity index is 1700. The van der Waals surface area contributed by atoms with Gasteiger partial charge in [-0.1, -0.05) is 24.3 Å². The minimum Gasteiger partial charge on any atom is -0.497 e. The van der Waals surface area contributed by atoms with E-state index < -0.39 is 20.3 Å². The summed E-state index contributed by atoms with van der Waals surface area (Å²) in [5.41, 5.74) is 1.10. The number of piperazine rings is 1. The summed E-state index contributed by atoms with van der Waals surface area (Å²) in [6, 6.07) is 22.5. The second-order valence-corrected chi connectivity index (χ2v) is 10.6. The van der Waals surface area contributed by atoms with Crippen molar-refractivity contribution < 1.29 is 13.2 Å². The van der Waals surface area contributed by atoms with Crippen LogP contribution in [-0.2, 0) is 9.84 Å². The van der Waals surface area contributed by atoms with Crippen LogP contribution in [-0.4, -0.2) is 51.1 Å². The summed E-state index contributed by atoms with van der Waals surface area (Å²) in [6.07, 6.45) is 2.73. The van der Waals surface area contributed by atoms with Crippen molar-refractivity contribution in [3.05, 3.63) is 99.8 Å². The number of nitrogens with zero attached hydrogens (tertiary/aromatic N) is 5. The zero-order valence-corrected chi connectivity index (χ0v) is 21.5. The molecule has 0 unspecified atom stereocenters. The number of hydrogen-bond acceptors (Lipinski definition) is 8. The molecule has 0 spiro atoms. The summed E-state index contributed by atoms with van der Waals surface area (Å²) in [4.78, 5) is 22.0. The van der Waals surface area contributed by atoms with Gasteiger partial charge < -0.3 is 14.5 Å². The van der Waals surface area contributed by atoms with Crippen molar-refractivity contribution in [2.24, 2.45) is 0 Å². The third kappa shape index (κ3) is 4.71. The molecule has 9 nitrogen and oxygen atoms in total. The molecule has 0 N–H and O–H groups in total. The van der Waals surface area contributed by atoms with Gasteiger partial charge in [-0.3, -0.25) is 9.20 Å². The highest BCUT2D eigenvalue weighted by atomic mass is 32.2. The number of ether oxygens (including phenoxy) is 1. The van der Waals surface area contributed by atoms with Crippen molar-refractivity contribution in [2.45, 2.75) is 4.90 Å². The molecule has 5 rings (SSSR count). The lowest BCUT2D eigenvalue weighted by Crippen LogP contribution is -2.47.